The van der Waals surface area contributed by atoms with Crippen LogP contribution in [0.4, 0.5) is 0 Å². The number of hydrogen-bond donors (Lipinski definition) is 2. The maximum absolute atomic E-state index is 5.85. The van der Waals surface area contributed by atoms with Crippen molar-refractivity contribution in [2.45, 2.75) is 65.8 Å². The number of hydrogen-bond acceptors (Lipinski definition) is 5. The van der Waals surface area contributed by atoms with E-state index in [1.54, 1.807) is 18.4 Å². The highest BCUT2D eigenvalue weighted by Gasteiger charge is 2.33. The van der Waals surface area contributed by atoms with E-state index in [0.29, 0.717) is 6.54 Å². The van der Waals surface area contributed by atoms with Gasteiger partial charge in [-0.25, -0.2) is 4.98 Å². The van der Waals surface area contributed by atoms with Gasteiger partial charge in [0.05, 0.1) is 24.4 Å². The van der Waals surface area contributed by atoms with Gasteiger partial charge < -0.3 is 15.4 Å². The van der Waals surface area contributed by atoms with E-state index in [4.69, 9.17) is 4.74 Å². The molecule has 1 aliphatic heterocycles. The third-order valence-corrected chi connectivity index (χ3v) is 5.74. The van der Waals surface area contributed by atoms with Crippen molar-refractivity contribution in [1.82, 2.24) is 20.5 Å². The highest BCUT2D eigenvalue weighted by atomic mass is 127. The van der Waals surface area contributed by atoms with Gasteiger partial charge in [0.1, 0.15) is 5.01 Å². The van der Waals surface area contributed by atoms with Gasteiger partial charge in [-0.3, -0.25) is 9.89 Å². The summed E-state index contributed by atoms with van der Waals surface area (Å²) in [5, 5.41) is 7.92. The fourth-order valence-corrected chi connectivity index (χ4v) is 3.95. The van der Waals surface area contributed by atoms with E-state index < -0.39 is 0 Å². The minimum absolute atomic E-state index is 0. The smallest absolute Gasteiger partial charge is 0.191 e. The largest absolute Gasteiger partial charge is 0.373 e. The second-order valence-electron chi connectivity index (χ2n) is 7.50. The first-order valence-electron chi connectivity index (χ1n) is 8.99. The maximum atomic E-state index is 5.85. The molecule has 2 N–H and O–H groups in total. The molecule has 2 rings (SSSR count). The molecule has 0 aromatic carbocycles. The van der Waals surface area contributed by atoms with Crippen LogP contribution in [0.3, 0.4) is 0 Å². The van der Waals surface area contributed by atoms with Crippen molar-refractivity contribution >= 4 is 41.3 Å². The zero-order valence-corrected chi connectivity index (χ0v) is 20.2. The molecule has 1 fully saturated rings. The Kier molecular flexibility index (Phi) is 9.25. The van der Waals surface area contributed by atoms with Crippen molar-refractivity contribution in [1.29, 1.82) is 0 Å². The summed E-state index contributed by atoms with van der Waals surface area (Å²) in [7, 11) is 1.81. The Morgan fingerprint density at radius 3 is 2.38 bits per heavy atom. The Hall–Kier alpha value is -0.450. The highest BCUT2D eigenvalue weighted by Crippen LogP contribution is 2.20. The van der Waals surface area contributed by atoms with Gasteiger partial charge in [-0.05, 0) is 41.5 Å². The Labute approximate surface area is 179 Å². The van der Waals surface area contributed by atoms with Crippen LogP contribution in [0.2, 0.25) is 0 Å². The number of aliphatic imine (C=N–C) groups is 1. The number of ether oxygens (including phenoxy) is 1. The standard InChI is InChI=1S/C18H33N5OS.HI/c1-12-9-23(10-13(2)24-12)18(5,6)11-21-17(19-7)20-8-16-22-14(3)15(4)25-16;/h12-13H,8-11H2,1-7H3,(H2,19,20,21);1H. The normalized spacial score (nSPS) is 22.0. The lowest BCUT2D eigenvalue weighted by Gasteiger charge is -2.45. The topological polar surface area (TPSA) is 61.8 Å². The SMILES string of the molecule is CN=C(NCc1nc(C)c(C)s1)NCC(C)(C)N1CC(C)OC(C)C1.I. The van der Waals surface area contributed by atoms with Crippen LogP contribution >= 0.6 is 35.3 Å². The van der Waals surface area contributed by atoms with Crippen LogP contribution in [0.5, 0.6) is 0 Å². The molecule has 0 bridgehead atoms. The highest BCUT2D eigenvalue weighted by molar-refractivity contribution is 14.0. The Bertz CT molecular complexity index is 575. The monoisotopic (exact) mass is 495 g/mol. The van der Waals surface area contributed by atoms with Crippen molar-refractivity contribution in [2.75, 3.05) is 26.7 Å². The summed E-state index contributed by atoms with van der Waals surface area (Å²) in [5.41, 5.74) is 1.14. The van der Waals surface area contributed by atoms with Crippen LogP contribution in [0.25, 0.3) is 0 Å². The molecule has 0 spiro atoms. The number of morpholine rings is 1. The lowest BCUT2D eigenvalue weighted by Crippen LogP contribution is -2.59. The zero-order chi connectivity index (χ0) is 18.6. The first-order valence-corrected chi connectivity index (χ1v) is 9.81. The minimum atomic E-state index is 0. The third kappa shape index (κ3) is 6.61. The van der Waals surface area contributed by atoms with Gasteiger partial charge in [-0.2, -0.15) is 0 Å². The molecule has 1 saturated heterocycles. The van der Waals surface area contributed by atoms with Gasteiger partial charge in [0.25, 0.3) is 0 Å². The van der Waals surface area contributed by atoms with E-state index in [2.05, 4.69) is 67.1 Å². The number of aryl methyl sites for hydroxylation is 2. The van der Waals surface area contributed by atoms with Gasteiger partial charge in [0, 0.05) is 37.1 Å². The van der Waals surface area contributed by atoms with Crippen molar-refractivity contribution in [3.05, 3.63) is 15.6 Å². The van der Waals surface area contributed by atoms with Gasteiger partial charge in [0.2, 0.25) is 0 Å². The van der Waals surface area contributed by atoms with Crippen LogP contribution < -0.4 is 10.6 Å². The van der Waals surface area contributed by atoms with Gasteiger partial charge >= 0.3 is 0 Å². The molecule has 0 saturated carbocycles. The summed E-state index contributed by atoms with van der Waals surface area (Å²) in [6.07, 6.45) is 0.550. The molecule has 2 atom stereocenters. The van der Waals surface area contributed by atoms with Gasteiger partial charge in [-0.15, -0.1) is 35.3 Å². The molecular weight excluding hydrogens is 461 g/mol. The van der Waals surface area contributed by atoms with Crippen LogP contribution in [-0.4, -0.2) is 60.3 Å². The number of halogens is 1. The van der Waals surface area contributed by atoms with Crippen LogP contribution in [0.15, 0.2) is 4.99 Å². The van der Waals surface area contributed by atoms with Gasteiger partial charge in [-0.1, -0.05) is 0 Å². The first-order chi connectivity index (χ1) is 11.7. The second kappa shape index (κ2) is 10.2. The quantitative estimate of drug-likeness (QED) is 0.374. The number of nitrogens with zero attached hydrogens (tertiary/aromatic N) is 3. The maximum Gasteiger partial charge on any atom is 0.191 e. The van der Waals surface area contributed by atoms with Gasteiger partial charge in [0.15, 0.2) is 5.96 Å². The summed E-state index contributed by atoms with van der Waals surface area (Å²) in [6.45, 7) is 16.4. The molecule has 6 nitrogen and oxygen atoms in total. The predicted molar refractivity (Wildman–Crippen MR) is 121 cm³/mol. The first kappa shape index (κ1) is 23.6. The Morgan fingerprint density at radius 2 is 1.88 bits per heavy atom. The summed E-state index contributed by atoms with van der Waals surface area (Å²) in [5.74, 6) is 0.813. The third-order valence-electron chi connectivity index (χ3n) is 4.67. The van der Waals surface area contributed by atoms with Crippen LogP contribution in [0, 0.1) is 13.8 Å². The lowest BCUT2D eigenvalue weighted by molar-refractivity contribution is -0.0946. The number of nitrogens with one attached hydrogen (secondary N) is 2. The molecule has 0 amide bonds. The van der Waals surface area contributed by atoms with E-state index in [-0.39, 0.29) is 41.7 Å². The van der Waals surface area contributed by atoms with Crippen LogP contribution in [-0.2, 0) is 11.3 Å². The molecule has 26 heavy (non-hydrogen) atoms. The predicted octanol–water partition coefficient (Wildman–Crippen LogP) is 2.93. The summed E-state index contributed by atoms with van der Waals surface area (Å²) < 4.78 is 5.85. The molecule has 2 unspecified atom stereocenters. The number of rotatable bonds is 5. The lowest BCUT2D eigenvalue weighted by atomic mass is 10.00. The molecule has 0 aliphatic carbocycles. The summed E-state index contributed by atoms with van der Waals surface area (Å²) in [4.78, 5) is 12.7. The van der Waals surface area contributed by atoms with Crippen molar-refractivity contribution in [3.63, 3.8) is 0 Å². The average Bonchev–Trinajstić information content (AvgIpc) is 2.85. The molecule has 2 heterocycles. The number of aromatic nitrogens is 1. The molecule has 1 aromatic heterocycles. The Morgan fingerprint density at radius 1 is 1.27 bits per heavy atom. The zero-order valence-electron chi connectivity index (χ0n) is 17.0. The number of guanidine groups is 1. The molecule has 8 heteroatoms. The average molecular weight is 495 g/mol. The van der Waals surface area contributed by atoms with E-state index in [1.165, 1.54) is 4.88 Å². The van der Waals surface area contributed by atoms with E-state index >= 15 is 0 Å². The Balaban J connectivity index is 0.00000338. The van der Waals surface area contributed by atoms with E-state index in [9.17, 15) is 0 Å². The molecule has 1 aromatic rings. The van der Waals surface area contributed by atoms with Crippen molar-refractivity contribution < 1.29 is 4.74 Å². The van der Waals surface area contributed by atoms with Crippen molar-refractivity contribution in [3.8, 4) is 0 Å². The summed E-state index contributed by atoms with van der Waals surface area (Å²) >= 11 is 1.74. The number of thiazole rings is 1. The minimum Gasteiger partial charge on any atom is -0.373 e. The molecule has 150 valence electrons. The van der Waals surface area contributed by atoms with Crippen molar-refractivity contribution in [2.24, 2.45) is 4.99 Å². The molecular formula is C18H34IN5OS. The molecule has 0 radical (unpaired) electrons. The van der Waals surface area contributed by atoms with E-state index in [0.717, 1.165) is 36.3 Å². The fourth-order valence-electron chi connectivity index (χ4n) is 3.08. The second-order valence-corrected chi connectivity index (χ2v) is 8.79. The van der Waals surface area contributed by atoms with Crippen LogP contribution in [0.1, 0.15) is 43.3 Å². The fraction of sp³-hybridized carbons (Fsp3) is 0.778. The van der Waals surface area contributed by atoms with E-state index in [1.807, 2.05) is 0 Å². The summed E-state index contributed by atoms with van der Waals surface area (Å²) in [6, 6.07) is 0. The molecule has 1 aliphatic rings.